The highest BCUT2D eigenvalue weighted by Gasteiger charge is 2.25. The van der Waals surface area contributed by atoms with Gasteiger partial charge in [0.25, 0.3) is 0 Å². The number of amides is 3. The molecular formula is C16H23N3O4. The minimum absolute atomic E-state index is 0.108. The van der Waals surface area contributed by atoms with Gasteiger partial charge >= 0.3 is 12.0 Å². The van der Waals surface area contributed by atoms with E-state index in [4.69, 9.17) is 10.5 Å². The maximum atomic E-state index is 12.1. The van der Waals surface area contributed by atoms with Gasteiger partial charge in [0.2, 0.25) is 5.91 Å². The Bertz CT molecular complexity index is 533. The van der Waals surface area contributed by atoms with Gasteiger partial charge in [0.1, 0.15) is 19.2 Å². The molecule has 0 aliphatic carbocycles. The van der Waals surface area contributed by atoms with Crippen molar-refractivity contribution >= 4 is 17.9 Å². The maximum Gasteiger partial charge on any atom is 0.325 e. The minimum Gasteiger partial charge on any atom is -0.460 e. The first-order valence-corrected chi connectivity index (χ1v) is 7.47. The van der Waals surface area contributed by atoms with Crippen molar-refractivity contribution < 1.29 is 19.1 Å². The summed E-state index contributed by atoms with van der Waals surface area (Å²) in [5.41, 5.74) is 5.93. The third kappa shape index (κ3) is 6.82. The molecule has 0 unspecified atom stereocenters. The first kappa shape index (κ1) is 18.5. The highest BCUT2D eigenvalue weighted by Crippen LogP contribution is 2.07. The van der Waals surface area contributed by atoms with Crippen molar-refractivity contribution in [3.8, 4) is 0 Å². The van der Waals surface area contributed by atoms with E-state index >= 15 is 0 Å². The van der Waals surface area contributed by atoms with E-state index in [0.717, 1.165) is 5.56 Å². The summed E-state index contributed by atoms with van der Waals surface area (Å²) < 4.78 is 5.06. The van der Waals surface area contributed by atoms with Crippen LogP contribution in [-0.4, -0.2) is 30.5 Å². The van der Waals surface area contributed by atoms with Crippen LogP contribution in [0.2, 0.25) is 0 Å². The van der Waals surface area contributed by atoms with Gasteiger partial charge in [-0.3, -0.25) is 9.59 Å². The van der Waals surface area contributed by atoms with Crippen molar-refractivity contribution in [1.82, 2.24) is 10.6 Å². The van der Waals surface area contributed by atoms with Gasteiger partial charge in [0, 0.05) is 0 Å². The largest absolute Gasteiger partial charge is 0.460 e. The molecule has 0 aromatic heterocycles. The van der Waals surface area contributed by atoms with E-state index in [9.17, 15) is 14.4 Å². The number of benzene rings is 1. The number of hydrogen-bond acceptors (Lipinski definition) is 4. The molecule has 2 atom stereocenters. The van der Waals surface area contributed by atoms with Crippen LogP contribution >= 0.6 is 0 Å². The number of carbonyl (C=O) groups is 3. The molecular weight excluding hydrogens is 298 g/mol. The fourth-order valence-corrected chi connectivity index (χ4v) is 1.91. The fraction of sp³-hybridized carbons (Fsp3) is 0.438. The van der Waals surface area contributed by atoms with E-state index < -0.39 is 23.9 Å². The van der Waals surface area contributed by atoms with Crippen LogP contribution < -0.4 is 16.4 Å². The molecule has 0 heterocycles. The number of ether oxygens (including phenoxy) is 1. The summed E-state index contributed by atoms with van der Waals surface area (Å²) in [4.78, 5) is 34.7. The molecule has 23 heavy (non-hydrogen) atoms. The van der Waals surface area contributed by atoms with Gasteiger partial charge < -0.3 is 21.1 Å². The summed E-state index contributed by atoms with van der Waals surface area (Å²) in [5.74, 6) is -1.12. The maximum absolute atomic E-state index is 12.1. The molecule has 0 saturated heterocycles. The van der Waals surface area contributed by atoms with E-state index in [-0.39, 0.29) is 19.1 Å². The Morgan fingerprint density at radius 3 is 2.43 bits per heavy atom. The Hall–Kier alpha value is -2.57. The second-order valence-corrected chi connectivity index (χ2v) is 5.24. The van der Waals surface area contributed by atoms with Crippen LogP contribution in [0, 0.1) is 5.92 Å². The molecule has 1 rings (SSSR count). The number of nitrogens with one attached hydrogen (secondary N) is 2. The van der Waals surface area contributed by atoms with E-state index in [2.05, 4.69) is 10.6 Å². The minimum atomic E-state index is -0.780. The average Bonchev–Trinajstić information content (AvgIpc) is 2.55. The Kier molecular flexibility index (Phi) is 7.59. The van der Waals surface area contributed by atoms with E-state index in [0.29, 0.717) is 6.42 Å². The van der Waals surface area contributed by atoms with Gasteiger partial charge in [0.05, 0.1) is 0 Å². The number of hydrogen-bond donors (Lipinski definition) is 3. The number of primary amides is 1. The van der Waals surface area contributed by atoms with Crippen LogP contribution in [-0.2, 0) is 20.9 Å². The zero-order valence-corrected chi connectivity index (χ0v) is 13.4. The Morgan fingerprint density at radius 1 is 1.22 bits per heavy atom. The number of esters is 1. The van der Waals surface area contributed by atoms with Crippen molar-refractivity contribution in [3.05, 3.63) is 35.9 Å². The predicted molar refractivity (Wildman–Crippen MR) is 85.2 cm³/mol. The van der Waals surface area contributed by atoms with Crippen molar-refractivity contribution in [2.24, 2.45) is 11.7 Å². The zero-order chi connectivity index (χ0) is 17.2. The Balaban J connectivity index is 2.43. The zero-order valence-electron chi connectivity index (χ0n) is 13.4. The molecule has 0 saturated carbocycles. The molecule has 4 N–H and O–H groups in total. The molecule has 1 aromatic carbocycles. The van der Waals surface area contributed by atoms with Crippen LogP contribution in [0.25, 0.3) is 0 Å². The fourth-order valence-electron chi connectivity index (χ4n) is 1.91. The van der Waals surface area contributed by atoms with E-state index in [1.807, 2.05) is 44.2 Å². The van der Waals surface area contributed by atoms with Crippen LogP contribution in [0.1, 0.15) is 25.8 Å². The van der Waals surface area contributed by atoms with Gasteiger partial charge in [0.15, 0.2) is 0 Å². The summed E-state index contributed by atoms with van der Waals surface area (Å²) in [5, 5.41) is 4.84. The first-order valence-electron chi connectivity index (χ1n) is 7.47. The summed E-state index contributed by atoms with van der Waals surface area (Å²) in [7, 11) is 0. The lowest BCUT2D eigenvalue weighted by Crippen LogP contribution is -2.52. The quantitative estimate of drug-likeness (QED) is 0.618. The predicted octanol–water partition coefficient (Wildman–Crippen LogP) is 0.929. The number of urea groups is 1. The standard InChI is InChI=1S/C16H23N3O4/c1-3-11(2)14(19-16(17)22)15(21)18-9-13(20)23-10-12-7-5-4-6-8-12/h4-8,11,14H,3,9-10H2,1-2H3,(H,18,21)(H3,17,19,22)/t11-,14+/m1/s1. The highest BCUT2D eigenvalue weighted by molar-refractivity contribution is 5.89. The smallest absolute Gasteiger partial charge is 0.325 e. The van der Waals surface area contributed by atoms with Crippen LogP contribution in [0.5, 0.6) is 0 Å². The van der Waals surface area contributed by atoms with Gasteiger partial charge in [-0.15, -0.1) is 0 Å². The normalized spacial score (nSPS) is 12.8. The van der Waals surface area contributed by atoms with Gasteiger partial charge in [-0.05, 0) is 11.5 Å². The van der Waals surface area contributed by atoms with Crippen molar-refractivity contribution in [1.29, 1.82) is 0 Å². The lowest BCUT2D eigenvalue weighted by atomic mass is 9.98. The van der Waals surface area contributed by atoms with Crippen molar-refractivity contribution in [3.63, 3.8) is 0 Å². The summed E-state index contributed by atoms with van der Waals surface area (Å²) >= 11 is 0. The highest BCUT2D eigenvalue weighted by atomic mass is 16.5. The monoisotopic (exact) mass is 321 g/mol. The number of nitrogens with two attached hydrogens (primary N) is 1. The third-order valence-electron chi connectivity index (χ3n) is 3.44. The van der Waals surface area contributed by atoms with Crippen LogP contribution in [0.3, 0.4) is 0 Å². The van der Waals surface area contributed by atoms with E-state index in [1.54, 1.807) is 0 Å². The number of carbonyl (C=O) groups excluding carboxylic acids is 3. The van der Waals surface area contributed by atoms with Gasteiger partial charge in [-0.1, -0.05) is 50.6 Å². The molecule has 0 bridgehead atoms. The lowest BCUT2D eigenvalue weighted by Gasteiger charge is -2.22. The second kappa shape index (κ2) is 9.45. The molecule has 7 heteroatoms. The molecule has 0 fully saturated rings. The molecule has 0 spiro atoms. The Morgan fingerprint density at radius 2 is 1.87 bits per heavy atom. The van der Waals surface area contributed by atoms with E-state index in [1.165, 1.54) is 0 Å². The molecule has 7 nitrogen and oxygen atoms in total. The SMILES string of the molecule is CC[C@@H](C)[C@H](NC(N)=O)C(=O)NCC(=O)OCc1ccccc1. The topological polar surface area (TPSA) is 111 Å². The molecule has 1 aromatic rings. The molecule has 126 valence electrons. The van der Waals surface area contributed by atoms with Crippen LogP contribution in [0.15, 0.2) is 30.3 Å². The second-order valence-electron chi connectivity index (χ2n) is 5.24. The first-order chi connectivity index (χ1) is 10.9. The van der Waals surface area contributed by atoms with Crippen molar-refractivity contribution in [2.75, 3.05) is 6.54 Å². The lowest BCUT2D eigenvalue weighted by molar-refractivity contribution is -0.145. The van der Waals surface area contributed by atoms with Gasteiger partial charge in [-0.25, -0.2) is 4.79 Å². The molecule has 3 amide bonds. The van der Waals surface area contributed by atoms with Crippen molar-refractivity contribution in [2.45, 2.75) is 32.9 Å². The molecule has 0 radical (unpaired) electrons. The average molecular weight is 321 g/mol. The summed E-state index contributed by atoms with van der Waals surface area (Å²) in [6.07, 6.45) is 0.677. The summed E-state index contributed by atoms with van der Waals surface area (Å²) in [6, 6.07) is 7.67. The number of rotatable bonds is 8. The van der Waals surface area contributed by atoms with Gasteiger partial charge in [-0.2, -0.15) is 0 Å². The Labute approximate surface area is 135 Å². The van der Waals surface area contributed by atoms with Crippen LogP contribution in [0.4, 0.5) is 4.79 Å². The molecule has 0 aliphatic heterocycles. The summed E-state index contributed by atoms with van der Waals surface area (Å²) in [6.45, 7) is 3.58. The molecule has 0 aliphatic rings. The third-order valence-corrected chi connectivity index (χ3v) is 3.44.